The molecule has 0 aromatic carbocycles. The van der Waals surface area contributed by atoms with E-state index in [0.717, 1.165) is 0 Å². The SMILES string of the molecule is CC[C@H](NC(=O)c1cc(C)no1)C(=O)O. The quantitative estimate of drug-likeness (QED) is 0.761. The van der Waals surface area contributed by atoms with Crippen molar-refractivity contribution in [3.8, 4) is 0 Å². The summed E-state index contributed by atoms with van der Waals surface area (Å²) in [7, 11) is 0. The number of hydrogen-bond donors (Lipinski definition) is 2. The summed E-state index contributed by atoms with van der Waals surface area (Å²) in [6.45, 7) is 3.35. The monoisotopic (exact) mass is 212 g/mol. The first kappa shape index (κ1) is 11.2. The summed E-state index contributed by atoms with van der Waals surface area (Å²) in [5.74, 6) is -1.61. The second-order valence-electron chi connectivity index (χ2n) is 3.11. The third kappa shape index (κ3) is 2.80. The normalized spacial score (nSPS) is 12.1. The Bertz CT molecular complexity index is 372. The van der Waals surface area contributed by atoms with Crippen LogP contribution in [0, 0.1) is 6.92 Å². The average Bonchev–Trinajstić information content (AvgIpc) is 2.60. The number of carbonyl (C=O) groups is 2. The zero-order valence-electron chi connectivity index (χ0n) is 8.48. The van der Waals surface area contributed by atoms with Gasteiger partial charge in [0.05, 0.1) is 5.69 Å². The van der Waals surface area contributed by atoms with Crippen molar-refractivity contribution in [2.75, 3.05) is 0 Å². The van der Waals surface area contributed by atoms with Crippen molar-refractivity contribution < 1.29 is 19.2 Å². The molecule has 1 amide bonds. The molecular weight excluding hydrogens is 200 g/mol. The van der Waals surface area contributed by atoms with E-state index >= 15 is 0 Å². The van der Waals surface area contributed by atoms with E-state index in [1.54, 1.807) is 13.8 Å². The van der Waals surface area contributed by atoms with E-state index in [1.807, 2.05) is 0 Å². The Morgan fingerprint density at radius 3 is 2.73 bits per heavy atom. The molecule has 0 aliphatic rings. The van der Waals surface area contributed by atoms with Crippen LogP contribution >= 0.6 is 0 Å². The standard InChI is InChI=1S/C9H12N2O4/c1-3-6(9(13)14)10-8(12)7-4-5(2)11-15-7/h4,6H,3H2,1-2H3,(H,10,12)(H,13,14)/t6-/m0/s1. The molecule has 15 heavy (non-hydrogen) atoms. The molecule has 0 fully saturated rings. The van der Waals surface area contributed by atoms with E-state index in [2.05, 4.69) is 10.5 Å². The number of rotatable bonds is 4. The maximum Gasteiger partial charge on any atom is 0.326 e. The predicted molar refractivity (Wildman–Crippen MR) is 50.4 cm³/mol. The maximum atomic E-state index is 11.4. The van der Waals surface area contributed by atoms with Gasteiger partial charge in [-0.25, -0.2) is 4.79 Å². The van der Waals surface area contributed by atoms with E-state index in [4.69, 9.17) is 9.63 Å². The largest absolute Gasteiger partial charge is 0.480 e. The molecule has 0 aliphatic carbocycles. The van der Waals surface area contributed by atoms with Gasteiger partial charge in [-0.15, -0.1) is 0 Å². The lowest BCUT2D eigenvalue weighted by Gasteiger charge is -2.09. The van der Waals surface area contributed by atoms with Gasteiger partial charge in [-0.1, -0.05) is 12.1 Å². The van der Waals surface area contributed by atoms with Gasteiger partial charge in [0.1, 0.15) is 6.04 Å². The molecule has 1 rings (SSSR count). The molecule has 1 aromatic rings. The first-order chi connectivity index (χ1) is 7.04. The summed E-state index contributed by atoms with van der Waals surface area (Å²) in [6.07, 6.45) is 0.314. The number of aromatic nitrogens is 1. The minimum Gasteiger partial charge on any atom is -0.480 e. The lowest BCUT2D eigenvalue weighted by atomic mass is 10.2. The van der Waals surface area contributed by atoms with Gasteiger partial charge in [0.25, 0.3) is 5.91 Å². The number of amides is 1. The molecule has 0 bridgehead atoms. The van der Waals surface area contributed by atoms with Crippen LogP contribution in [0.2, 0.25) is 0 Å². The number of aryl methyl sites for hydroxylation is 1. The number of carboxylic acids is 1. The lowest BCUT2D eigenvalue weighted by molar-refractivity contribution is -0.139. The van der Waals surface area contributed by atoms with Gasteiger partial charge in [-0.3, -0.25) is 4.79 Å². The van der Waals surface area contributed by atoms with Gasteiger partial charge >= 0.3 is 5.97 Å². The summed E-state index contributed by atoms with van der Waals surface area (Å²) in [4.78, 5) is 22.1. The molecule has 1 heterocycles. The number of aliphatic carboxylic acids is 1. The Morgan fingerprint density at radius 2 is 2.33 bits per heavy atom. The smallest absolute Gasteiger partial charge is 0.326 e. The molecule has 0 radical (unpaired) electrons. The second kappa shape index (κ2) is 4.59. The van der Waals surface area contributed by atoms with E-state index < -0.39 is 17.9 Å². The van der Waals surface area contributed by atoms with E-state index in [-0.39, 0.29) is 5.76 Å². The lowest BCUT2D eigenvalue weighted by Crippen LogP contribution is -2.40. The molecule has 82 valence electrons. The van der Waals surface area contributed by atoms with Crippen LogP contribution in [0.4, 0.5) is 0 Å². The fraction of sp³-hybridized carbons (Fsp3) is 0.444. The zero-order chi connectivity index (χ0) is 11.4. The van der Waals surface area contributed by atoms with Crippen molar-refractivity contribution in [2.24, 2.45) is 0 Å². The number of nitrogens with one attached hydrogen (secondary N) is 1. The molecule has 0 aliphatic heterocycles. The Hall–Kier alpha value is -1.85. The van der Waals surface area contributed by atoms with Gasteiger partial charge in [0.15, 0.2) is 0 Å². The molecular formula is C9H12N2O4. The Kier molecular flexibility index (Phi) is 3.43. The maximum absolute atomic E-state index is 11.4. The number of carboxylic acid groups (broad SMARTS) is 1. The molecule has 0 saturated carbocycles. The van der Waals surface area contributed by atoms with Crippen LogP contribution < -0.4 is 5.32 Å². The summed E-state index contributed by atoms with van der Waals surface area (Å²) in [6, 6.07) is 0.548. The molecule has 1 aromatic heterocycles. The molecule has 0 saturated heterocycles. The molecule has 1 atom stereocenters. The summed E-state index contributed by atoms with van der Waals surface area (Å²) < 4.78 is 4.70. The first-order valence-electron chi connectivity index (χ1n) is 4.51. The Balaban J connectivity index is 2.66. The van der Waals surface area contributed by atoms with E-state index in [1.165, 1.54) is 6.07 Å². The molecule has 6 nitrogen and oxygen atoms in total. The minimum atomic E-state index is -1.07. The van der Waals surface area contributed by atoms with Crippen molar-refractivity contribution in [2.45, 2.75) is 26.3 Å². The number of carbonyl (C=O) groups excluding carboxylic acids is 1. The predicted octanol–water partition coefficient (Wildman–Crippen LogP) is 0.576. The van der Waals surface area contributed by atoms with Crippen LogP contribution in [0.5, 0.6) is 0 Å². The molecule has 2 N–H and O–H groups in total. The van der Waals surface area contributed by atoms with Crippen LogP contribution in [0.15, 0.2) is 10.6 Å². The van der Waals surface area contributed by atoms with Crippen LogP contribution in [0.1, 0.15) is 29.6 Å². The highest BCUT2D eigenvalue weighted by atomic mass is 16.5. The Morgan fingerprint density at radius 1 is 1.67 bits per heavy atom. The van der Waals surface area contributed by atoms with Crippen LogP contribution in [0.25, 0.3) is 0 Å². The van der Waals surface area contributed by atoms with Crippen molar-refractivity contribution in [3.05, 3.63) is 17.5 Å². The van der Waals surface area contributed by atoms with Crippen molar-refractivity contribution in [1.29, 1.82) is 0 Å². The fourth-order valence-electron chi connectivity index (χ4n) is 1.04. The van der Waals surface area contributed by atoms with Crippen molar-refractivity contribution in [1.82, 2.24) is 10.5 Å². The highest BCUT2D eigenvalue weighted by Crippen LogP contribution is 2.03. The first-order valence-corrected chi connectivity index (χ1v) is 4.51. The Labute approximate surface area is 86.3 Å². The number of nitrogens with zero attached hydrogens (tertiary/aromatic N) is 1. The van der Waals surface area contributed by atoms with Crippen molar-refractivity contribution in [3.63, 3.8) is 0 Å². The van der Waals surface area contributed by atoms with Gasteiger partial charge in [0, 0.05) is 6.07 Å². The fourth-order valence-corrected chi connectivity index (χ4v) is 1.04. The van der Waals surface area contributed by atoms with Crippen LogP contribution in [-0.4, -0.2) is 28.2 Å². The van der Waals surface area contributed by atoms with Gasteiger partial charge < -0.3 is 14.9 Å². The van der Waals surface area contributed by atoms with Crippen molar-refractivity contribution >= 4 is 11.9 Å². The van der Waals surface area contributed by atoms with E-state index in [9.17, 15) is 9.59 Å². The van der Waals surface area contributed by atoms with Crippen LogP contribution in [0.3, 0.4) is 0 Å². The minimum absolute atomic E-state index is 0.0206. The zero-order valence-corrected chi connectivity index (χ0v) is 8.48. The van der Waals surface area contributed by atoms with Gasteiger partial charge in [-0.2, -0.15) is 0 Å². The van der Waals surface area contributed by atoms with Gasteiger partial charge in [-0.05, 0) is 13.3 Å². The molecule has 6 heteroatoms. The molecule has 0 spiro atoms. The second-order valence-corrected chi connectivity index (χ2v) is 3.11. The average molecular weight is 212 g/mol. The highest BCUT2D eigenvalue weighted by molar-refractivity contribution is 5.94. The number of hydrogen-bond acceptors (Lipinski definition) is 4. The third-order valence-corrected chi connectivity index (χ3v) is 1.86. The third-order valence-electron chi connectivity index (χ3n) is 1.86. The van der Waals surface area contributed by atoms with Crippen LogP contribution in [-0.2, 0) is 4.79 Å². The summed E-state index contributed by atoms with van der Waals surface area (Å²) >= 11 is 0. The summed E-state index contributed by atoms with van der Waals surface area (Å²) in [5, 5.41) is 14.6. The van der Waals surface area contributed by atoms with E-state index in [0.29, 0.717) is 12.1 Å². The summed E-state index contributed by atoms with van der Waals surface area (Å²) in [5.41, 5.74) is 0.573. The van der Waals surface area contributed by atoms with Gasteiger partial charge in [0.2, 0.25) is 5.76 Å². The topological polar surface area (TPSA) is 92.4 Å². The highest BCUT2D eigenvalue weighted by Gasteiger charge is 2.20. The molecule has 0 unspecified atom stereocenters.